The van der Waals surface area contributed by atoms with Crippen molar-refractivity contribution in [3.63, 3.8) is 0 Å². The first-order chi connectivity index (χ1) is 7.79. The van der Waals surface area contributed by atoms with E-state index in [4.69, 9.17) is 10.00 Å². The normalized spacial score (nSPS) is 19.4. The largest absolute Gasteiger partial charge is 0.489 e. The van der Waals surface area contributed by atoms with Gasteiger partial charge in [0.15, 0.2) is 0 Å². The molecule has 0 amide bonds. The standard InChI is InChI=1S/C13H16N2O/c1-10-8-11(4-6-14)2-3-13(10)16-12-5-7-15-9-12/h2-3,8,12,15H,4-5,7,9H2,1H3. The lowest BCUT2D eigenvalue weighted by Gasteiger charge is -2.15. The maximum atomic E-state index is 8.62. The number of hydrogen-bond acceptors (Lipinski definition) is 3. The fourth-order valence-electron chi connectivity index (χ4n) is 1.95. The molecule has 1 saturated heterocycles. The van der Waals surface area contributed by atoms with Crippen LogP contribution in [0.25, 0.3) is 0 Å². The minimum atomic E-state index is 0.292. The molecule has 1 aromatic rings. The van der Waals surface area contributed by atoms with Gasteiger partial charge in [0.1, 0.15) is 11.9 Å². The molecule has 3 nitrogen and oxygen atoms in total. The summed E-state index contributed by atoms with van der Waals surface area (Å²) in [7, 11) is 0. The molecular formula is C13H16N2O. The number of nitriles is 1. The molecule has 0 aromatic heterocycles. The third-order valence-corrected chi connectivity index (χ3v) is 2.83. The quantitative estimate of drug-likeness (QED) is 0.838. The predicted octanol–water partition coefficient (Wildman–Crippen LogP) is 1.80. The van der Waals surface area contributed by atoms with Gasteiger partial charge in [-0.1, -0.05) is 12.1 Å². The fourth-order valence-corrected chi connectivity index (χ4v) is 1.95. The van der Waals surface area contributed by atoms with E-state index in [1.165, 1.54) is 0 Å². The molecule has 1 atom stereocenters. The van der Waals surface area contributed by atoms with Crippen LogP contribution < -0.4 is 10.1 Å². The average Bonchev–Trinajstić information content (AvgIpc) is 2.75. The Bertz CT molecular complexity index is 403. The van der Waals surface area contributed by atoms with E-state index in [0.717, 1.165) is 36.4 Å². The summed E-state index contributed by atoms with van der Waals surface area (Å²) in [6.45, 7) is 3.99. The Hall–Kier alpha value is -1.53. The van der Waals surface area contributed by atoms with Crippen molar-refractivity contribution in [2.75, 3.05) is 13.1 Å². The SMILES string of the molecule is Cc1cc(CC#N)ccc1OC1CCNC1. The van der Waals surface area contributed by atoms with Gasteiger partial charge in [0.25, 0.3) is 0 Å². The van der Waals surface area contributed by atoms with Gasteiger partial charge in [0.2, 0.25) is 0 Å². The lowest BCUT2D eigenvalue weighted by atomic mass is 10.1. The van der Waals surface area contributed by atoms with E-state index in [1.54, 1.807) is 0 Å². The maximum absolute atomic E-state index is 8.62. The highest BCUT2D eigenvalue weighted by molar-refractivity contribution is 5.37. The Morgan fingerprint density at radius 1 is 1.56 bits per heavy atom. The number of ether oxygens (including phenoxy) is 1. The molecule has 2 rings (SSSR count). The van der Waals surface area contributed by atoms with Crippen molar-refractivity contribution >= 4 is 0 Å². The molecule has 3 heteroatoms. The molecule has 1 unspecified atom stereocenters. The minimum absolute atomic E-state index is 0.292. The van der Waals surface area contributed by atoms with Crippen LogP contribution in [-0.2, 0) is 6.42 Å². The molecule has 84 valence electrons. The van der Waals surface area contributed by atoms with Crippen LogP contribution in [0.5, 0.6) is 5.75 Å². The number of aryl methyl sites for hydroxylation is 1. The van der Waals surface area contributed by atoms with Crippen LogP contribution in [0.2, 0.25) is 0 Å². The Labute approximate surface area is 96.0 Å². The molecule has 1 heterocycles. The average molecular weight is 216 g/mol. The number of rotatable bonds is 3. The smallest absolute Gasteiger partial charge is 0.122 e. The second-order valence-electron chi connectivity index (χ2n) is 4.17. The van der Waals surface area contributed by atoms with E-state index < -0.39 is 0 Å². The molecule has 0 spiro atoms. The molecule has 0 aliphatic carbocycles. The van der Waals surface area contributed by atoms with E-state index in [-0.39, 0.29) is 0 Å². The first kappa shape index (κ1) is 11.0. The fraction of sp³-hybridized carbons (Fsp3) is 0.462. The van der Waals surface area contributed by atoms with Crippen molar-refractivity contribution in [2.24, 2.45) is 0 Å². The van der Waals surface area contributed by atoms with Crippen LogP contribution in [-0.4, -0.2) is 19.2 Å². The van der Waals surface area contributed by atoms with Crippen molar-refractivity contribution in [1.29, 1.82) is 5.26 Å². The van der Waals surface area contributed by atoms with Gasteiger partial charge in [0, 0.05) is 6.54 Å². The molecule has 1 aliphatic heterocycles. The third-order valence-electron chi connectivity index (χ3n) is 2.83. The molecule has 0 saturated carbocycles. The second-order valence-corrected chi connectivity index (χ2v) is 4.17. The van der Waals surface area contributed by atoms with Gasteiger partial charge in [-0.3, -0.25) is 0 Å². The van der Waals surface area contributed by atoms with Crippen molar-refractivity contribution in [3.8, 4) is 11.8 Å². The van der Waals surface area contributed by atoms with E-state index >= 15 is 0 Å². The van der Waals surface area contributed by atoms with E-state index in [9.17, 15) is 0 Å². The summed E-state index contributed by atoms with van der Waals surface area (Å²) in [5.41, 5.74) is 2.16. The monoisotopic (exact) mass is 216 g/mol. The molecule has 1 N–H and O–H groups in total. The van der Waals surface area contributed by atoms with Crippen LogP contribution >= 0.6 is 0 Å². The number of hydrogen-bond donors (Lipinski definition) is 1. The predicted molar refractivity (Wildman–Crippen MR) is 62.4 cm³/mol. The van der Waals surface area contributed by atoms with Crippen LogP contribution in [0, 0.1) is 18.3 Å². The zero-order valence-corrected chi connectivity index (χ0v) is 9.49. The zero-order valence-electron chi connectivity index (χ0n) is 9.49. The molecule has 16 heavy (non-hydrogen) atoms. The minimum Gasteiger partial charge on any atom is -0.489 e. The summed E-state index contributed by atoms with van der Waals surface area (Å²) in [5.74, 6) is 0.940. The zero-order chi connectivity index (χ0) is 11.4. The molecule has 1 aromatic carbocycles. The first-order valence-electron chi connectivity index (χ1n) is 5.63. The highest BCUT2D eigenvalue weighted by Gasteiger charge is 2.16. The van der Waals surface area contributed by atoms with Crippen LogP contribution in [0.3, 0.4) is 0 Å². The van der Waals surface area contributed by atoms with E-state index in [0.29, 0.717) is 12.5 Å². The summed E-state index contributed by atoms with van der Waals surface area (Å²) in [4.78, 5) is 0. The number of nitrogens with zero attached hydrogens (tertiary/aromatic N) is 1. The highest BCUT2D eigenvalue weighted by atomic mass is 16.5. The van der Waals surface area contributed by atoms with Crippen LogP contribution in [0.1, 0.15) is 17.5 Å². The number of nitrogens with one attached hydrogen (secondary N) is 1. The Kier molecular flexibility index (Phi) is 3.43. The first-order valence-corrected chi connectivity index (χ1v) is 5.63. The van der Waals surface area contributed by atoms with Gasteiger partial charge in [-0.25, -0.2) is 0 Å². The van der Waals surface area contributed by atoms with Gasteiger partial charge < -0.3 is 10.1 Å². The molecule has 1 fully saturated rings. The van der Waals surface area contributed by atoms with Gasteiger partial charge in [-0.2, -0.15) is 5.26 Å². The summed E-state index contributed by atoms with van der Waals surface area (Å²) in [6, 6.07) is 8.12. The number of benzene rings is 1. The van der Waals surface area contributed by atoms with Crippen molar-refractivity contribution in [1.82, 2.24) is 5.32 Å². The molecular weight excluding hydrogens is 200 g/mol. The lowest BCUT2D eigenvalue weighted by molar-refractivity contribution is 0.221. The van der Waals surface area contributed by atoms with Gasteiger partial charge >= 0.3 is 0 Å². The van der Waals surface area contributed by atoms with Gasteiger partial charge in [-0.15, -0.1) is 0 Å². The molecule has 0 bridgehead atoms. The topological polar surface area (TPSA) is 45.0 Å². The Morgan fingerprint density at radius 2 is 2.44 bits per heavy atom. The van der Waals surface area contributed by atoms with Crippen LogP contribution in [0.15, 0.2) is 18.2 Å². The highest BCUT2D eigenvalue weighted by Crippen LogP contribution is 2.21. The van der Waals surface area contributed by atoms with E-state index in [1.807, 2.05) is 25.1 Å². The summed E-state index contributed by atoms with van der Waals surface area (Å²) in [5, 5.41) is 11.9. The lowest BCUT2D eigenvalue weighted by Crippen LogP contribution is -2.19. The van der Waals surface area contributed by atoms with Crippen LogP contribution in [0.4, 0.5) is 0 Å². The Morgan fingerprint density at radius 3 is 3.06 bits per heavy atom. The van der Waals surface area contributed by atoms with Gasteiger partial charge in [-0.05, 0) is 37.1 Å². The maximum Gasteiger partial charge on any atom is 0.122 e. The second kappa shape index (κ2) is 5.00. The van der Waals surface area contributed by atoms with Gasteiger partial charge in [0.05, 0.1) is 12.5 Å². The summed E-state index contributed by atoms with van der Waals surface area (Å²) >= 11 is 0. The van der Waals surface area contributed by atoms with Crippen molar-refractivity contribution < 1.29 is 4.74 Å². The molecule has 1 aliphatic rings. The van der Waals surface area contributed by atoms with E-state index in [2.05, 4.69) is 11.4 Å². The summed E-state index contributed by atoms with van der Waals surface area (Å²) in [6.07, 6.45) is 1.83. The van der Waals surface area contributed by atoms with Crippen molar-refractivity contribution in [2.45, 2.75) is 25.9 Å². The molecule has 0 radical (unpaired) electrons. The Balaban J connectivity index is 2.07. The third kappa shape index (κ3) is 2.53. The van der Waals surface area contributed by atoms with Crippen molar-refractivity contribution in [3.05, 3.63) is 29.3 Å². The summed E-state index contributed by atoms with van der Waals surface area (Å²) < 4.78 is 5.89.